The van der Waals surface area contributed by atoms with Crippen molar-refractivity contribution >= 4 is 69.8 Å². The lowest BCUT2D eigenvalue weighted by Crippen LogP contribution is -2.42. The third-order valence-electron chi connectivity index (χ3n) is 10.4. The molecule has 10 nitrogen and oxygen atoms in total. The van der Waals surface area contributed by atoms with Crippen molar-refractivity contribution in [1.29, 1.82) is 0 Å². The number of imide groups is 1. The molecule has 8 rings (SSSR count). The number of aryl methyl sites for hydroxylation is 1. The van der Waals surface area contributed by atoms with Gasteiger partial charge >= 0.3 is 10.8 Å². The van der Waals surface area contributed by atoms with Crippen molar-refractivity contribution in [3.63, 3.8) is 0 Å². The summed E-state index contributed by atoms with van der Waals surface area (Å²) >= 11 is 9.34. The number of rotatable bonds is 8. The third kappa shape index (κ3) is 5.44. The first-order valence-electron chi connectivity index (χ1n) is 16.5. The van der Waals surface area contributed by atoms with Gasteiger partial charge < -0.3 is 19.8 Å². The molecular weight excluding hydrogens is 698 g/mol. The van der Waals surface area contributed by atoms with E-state index in [1.165, 1.54) is 4.90 Å². The van der Waals surface area contributed by atoms with Crippen LogP contribution in [0.5, 0.6) is 5.75 Å². The third-order valence-corrected chi connectivity index (χ3v) is 13.2. The van der Waals surface area contributed by atoms with Crippen LogP contribution in [0.2, 0.25) is 5.02 Å². The lowest BCUT2D eigenvalue weighted by Gasteiger charge is -2.43. The first kappa shape index (κ1) is 32.8. The fourth-order valence-corrected chi connectivity index (χ4v) is 11.5. The first-order chi connectivity index (χ1) is 24.1. The summed E-state index contributed by atoms with van der Waals surface area (Å²) in [6.07, 6.45) is 0.737. The zero-order valence-corrected chi connectivity index (χ0v) is 29.4. The van der Waals surface area contributed by atoms with Crippen molar-refractivity contribution < 1.29 is 28.7 Å². The molecule has 50 heavy (non-hydrogen) atoms. The fraction of sp³-hybridized carbons (Fsp3) is 0.324. The highest BCUT2D eigenvalue weighted by atomic mass is 35.5. The molecule has 2 aliphatic carbocycles. The molecule has 4 aliphatic rings. The molecule has 256 valence electrons. The Morgan fingerprint density at radius 1 is 0.980 bits per heavy atom. The van der Waals surface area contributed by atoms with Crippen LogP contribution in [0.1, 0.15) is 45.6 Å². The normalized spacial score (nSPS) is 26.0. The minimum atomic E-state index is -0.458. The first-order valence-corrected chi connectivity index (χ1v) is 18.5. The molecule has 3 fully saturated rings. The second-order valence-corrected chi connectivity index (χ2v) is 15.8. The van der Waals surface area contributed by atoms with Crippen molar-refractivity contribution in [3.8, 4) is 5.75 Å². The summed E-state index contributed by atoms with van der Waals surface area (Å²) in [7, 11) is 0. The van der Waals surface area contributed by atoms with E-state index in [4.69, 9.17) is 21.1 Å². The highest BCUT2D eigenvalue weighted by molar-refractivity contribution is 8.00. The summed E-state index contributed by atoms with van der Waals surface area (Å²) in [6.45, 7) is 3.65. The number of amides is 3. The monoisotopic (exact) mass is 729 g/mol. The predicted molar refractivity (Wildman–Crippen MR) is 190 cm³/mol. The number of anilines is 2. The van der Waals surface area contributed by atoms with E-state index in [2.05, 4.69) is 10.3 Å². The second kappa shape index (κ2) is 12.7. The van der Waals surface area contributed by atoms with E-state index in [9.17, 15) is 24.0 Å². The number of thiazole rings is 1. The Morgan fingerprint density at radius 2 is 1.70 bits per heavy atom. The fourth-order valence-electron chi connectivity index (χ4n) is 8.45. The summed E-state index contributed by atoms with van der Waals surface area (Å²) in [5, 5.41) is 4.00. The molecule has 4 unspecified atom stereocenters. The van der Waals surface area contributed by atoms with Gasteiger partial charge in [0.15, 0.2) is 6.61 Å². The standard InChI is InChI=1S/C37H32ClN3O7S2/c1-3-47-36(45)18-6-9-20(10-7-18)39-26(42)16-48-25-13-8-19(38)14-22(25)27-28-23-15-24(31(28)49-33-32(27)50-37(46)40-33)30-29(23)34(43)41(35(30)44)21-11-4-17(2)5-12-21/h4-14,23-24,27-31H,3,15-16H2,1-2H3,(H,39,42)(H,40,46)/t23-,24-,27-,28?,29?,30?,31?/m1/s1. The number of hydrogen-bond donors (Lipinski definition) is 2. The van der Waals surface area contributed by atoms with Gasteiger partial charge in [-0.3, -0.25) is 24.1 Å². The van der Waals surface area contributed by atoms with Crippen molar-refractivity contribution in [2.24, 2.45) is 29.6 Å². The van der Waals surface area contributed by atoms with Gasteiger partial charge in [0.2, 0.25) is 11.8 Å². The molecule has 3 amide bonds. The zero-order chi connectivity index (χ0) is 34.8. The Hall–Kier alpha value is -4.39. The van der Waals surface area contributed by atoms with Gasteiger partial charge in [-0.05, 0) is 92.6 Å². The molecule has 2 aliphatic heterocycles. The molecule has 1 saturated heterocycles. The van der Waals surface area contributed by atoms with Crippen molar-refractivity contribution in [2.75, 3.05) is 23.4 Å². The number of halogens is 1. The van der Waals surface area contributed by atoms with E-state index < -0.39 is 23.7 Å². The minimum Gasteiger partial charge on any atom is -0.483 e. The molecule has 0 radical (unpaired) electrons. The smallest absolute Gasteiger partial charge is 0.338 e. The van der Waals surface area contributed by atoms with Crippen LogP contribution in [0.25, 0.3) is 0 Å². The van der Waals surface area contributed by atoms with Crippen LogP contribution in [0.4, 0.5) is 11.4 Å². The summed E-state index contributed by atoms with van der Waals surface area (Å²) in [5.74, 6) is -2.17. The summed E-state index contributed by atoms with van der Waals surface area (Å²) in [6, 6.07) is 19.1. The van der Waals surface area contributed by atoms with Gasteiger partial charge in [-0.1, -0.05) is 40.6 Å². The largest absolute Gasteiger partial charge is 0.483 e. The van der Waals surface area contributed by atoms with Crippen LogP contribution in [0.15, 0.2) is 76.6 Å². The minimum absolute atomic E-state index is 0.0218. The number of benzene rings is 3. The van der Waals surface area contributed by atoms with Gasteiger partial charge in [0, 0.05) is 32.3 Å². The molecular formula is C37H32ClN3O7S2. The van der Waals surface area contributed by atoms with E-state index in [0.717, 1.165) is 38.8 Å². The number of carbonyl (C=O) groups excluding carboxylic acids is 4. The van der Waals surface area contributed by atoms with E-state index in [-0.39, 0.29) is 58.8 Å². The molecule has 3 heterocycles. The number of nitrogens with zero attached hydrogens (tertiary/aromatic N) is 1. The number of aromatic nitrogens is 1. The van der Waals surface area contributed by atoms with Gasteiger partial charge in [0.25, 0.3) is 5.91 Å². The molecule has 0 spiro atoms. The number of fused-ring (bicyclic) bond motifs is 9. The van der Waals surface area contributed by atoms with Crippen LogP contribution in [-0.2, 0) is 19.1 Å². The maximum atomic E-state index is 14.1. The maximum absolute atomic E-state index is 14.1. The molecule has 13 heteroatoms. The van der Waals surface area contributed by atoms with Crippen molar-refractivity contribution in [1.82, 2.24) is 4.98 Å². The average molecular weight is 730 g/mol. The van der Waals surface area contributed by atoms with E-state index in [1.54, 1.807) is 55.1 Å². The molecule has 3 aromatic carbocycles. The number of nitrogens with one attached hydrogen (secondary N) is 2. The topological polar surface area (TPSA) is 135 Å². The SMILES string of the molecule is CCOC(=O)c1ccc(NC(=O)COc2ccc(Cl)cc2[C@H]2c3sc(=O)[nH]c3SC3C2[C@H]2C[C@@H]3C3C(=O)N(c4ccc(C)cc4)C(=O)C32)cc1. The lowest BCUT2D eigenvalue weighted by atomic mass is 9.68. The Kier molecular flexibility index (Phi) is 8.35. The van der Waals surface area contributed by atoms with E-state index in [0.29, 0.717) is 27.7 Å². The Balaban J connectivity index is 1.08. The van der Waals surface area contributed by atoms with Crippen LogP contribution in [-0.4, -0.2) is 47.1 Å². The van der Waals surface area contributed by atoms with Gasteiger partial charge in [-0.15, -0.1) is 11.8 Å². The summed E-state index contributed by atoms with van der Waals surface area (Å²) in [5.41, 5.74) is 3.23. The molecule has 2 saturated carbocycles. The Bertz CT molecular complexity index is 2100. The van der Waals surface area contributed by atoms with Crippen LogP contribution in [0, 0.1) is 36.5 Å². The number of hydrogen-bond acceptors (Lipinski definition) is 9. The summed E-state index contributed by atoms with van der Waals surface area (Å²) in [4.78, 5) is 70.9. The Morgan fingerprint density at radius 3 is 2.42 bits per heavy atom. The van der Waals surface area contributed by atoms with E-state index in [1.807, 2.05) is 37.3 Å². The average Bonchev–Trinajstić information content (AvgIpc) is 3.84. The van der Waals surface area contributed by atoms with Gasteiger partial charge in [0.05, 0.1) is 34.7 Å². The van der Waals surface area contributed by atoms with Crippen LogP contribution < -0.4 is 19.8 Å². The second-order valence-electron chi connectivity index (χ2n) is 13.1. The predicted octanol–water partition coefficient (Wildman–Crippen LogP) is 6.27. The number of ether oxygens (including phenoxy) is 2. The lowest BCUT2D eigenvalue weighted by molar-refractivity contribution is -0.123. The van der Waals surface area contributed by atoms with Crippen LogP contribution >= 0.6 is 34.7 Å². The van der Waals surface area contributed by atoms with E-state index >= 15 is 0 Å². The zero-order valence-electron chi connectivity index (χ0n) is 27.0. The number of aromatic amines is 1. The molecule has 2 bridgehead atoms. The van der Waals surface area contributed by atoms with Crippen LogP contribution in [0.3, 0.4) is 0 Å². The molecule has 4 aromatic rings. The molecule has 7 atom stereocenters. The quantitative estimate of drug-likeness (QED) is 0.160. The number of thioether (sulfide) groups is 1. The van der Waals surface area contributed by atoms with Crippen molar-refractivity contribution in [2.45, 2.75) is 36.5 Å². The molecule has 2 N–H and O–H groups in total. The van der Waals surface area contributed by atoms with Gasteiger partial charge in [-0.25, -0.2) is 4.79 Å². The maximum Gasteiger partial charge on any atom is 0.338 e. The van der Waals surface area contributed by atoms with Crippen molar-refractivity contribution in [3.05, 3.63) is 103 Å². The number of esters is 1. The Labute approximate surface area is 300 Å². The highest BCUT2D eigenvalue weighted by Crippen LogP contribution is 2.69. The highest BCUT2D eigenvalue weighted by Gasteiger charge is 2.69. The number of carbonyl (C=O) groups is 4. The summed E-state index contributed by atoms with van der Waals surface area (Å²) < 4.78 is 11.2. The van der Waals surface area contributed by atoms with Gasteiger partial charge in [-0.2, -0.15) is 0 Å². The molecule has 1 aromatic heterocycles. The number of H-pyrrole nitrogens is 1. The van der Waals surface area contributed by atoms with Gasteiger partial charge in [0.1, 0.15) is 5.75 Å².